The number of benzene rings is 4. The lowest BCUT2D eigenvalue weighted by Crippen LogP contribution is -2.62. The van der Waals surface area contributed by atoms with Crippen LogP contribution in [0.3, 0.4) is 0 Å². The Hall–Kier alpha value is -4.35. The number of hydrogen-bond acceptors (Lipinski definition) is 8. The first kappa shape index (κ1) is 45.8. The Morgan fingerprint density at radius 3 is 1.55 bits per heavy atom. The van der Waals surface area contributed by atoms with Crippen LogP contribution < -0.4 is 5.32 Å². The van der Waals surface area contributed by atoms with E-state index < -0.39 is 80.7 Å². The van der Waals surface area contributed by atoms with E-state index in [0.29, 0.717) is 22.3 Å². The number of aliphatic hydroxyl groups is 1. The van der Waals surface area contributed by atoms with Crippen molar-refractivity contribution in [2.24, 2.45) is 0 Å². The van der Waals surface area contributed by atoms with E-state index in [-0.39, 0.29) is 13.0 Å². The molecule has 0 aliphatic carbocycles. The number of carbonyl (C=O) groups excluding carboxylic acids is 1. The minimum atomic E-state index is -1.28. The minimum absolute atomic E-state index is 0.0712. The number of hydrogen-bond donors (Lipinski definition) is 2. The van der Waals surface area contributed by atoms with Crippen molar-refractivity contribution < 1.29 is 43.8 Å². The van der Waals surface area contributed by atoms with Gasteiger partial charge in [0.25, 0.3) is 0 Å². The minimum Gasteiger partial charge on any atom is -0.444 e. The molecule has 2 N–H and O–H groups in total. The van der Waals surface area contributed by atoms with Crippen LogP contribution in [0.2, 0.25) is 0 Å². The molecule has 65 heavy (non-hydrogen) atoms. The first-order valence-corrected chi connectivity index (χ1v) is 23.8. The van der Waals surface area contributed by atoms with Crippen LogP contribution in [0.25, 0.3) is 0 Å². The summed E-state index contributed by atoms with van der Waals surface area (Å²) in [6, 6.07) is 35.2. The topological polar surface area (TPSA) is 105 Å². The second-order valence-corrected chi connectivity index (χ2v) is 17.8. The molecule has 9 heteroatoms. The number of unbranched alkanes of at least 4 members (excludes halogenated alkanes) is 10. The third kappa shape index (κ3) is 20.0. The largest absolute Gasteiger partial charge is 0.444 e. The number of amides is 1. The lowest BCUT2D eigenvalue weighted by Gasteiger charge is -2.47. The predicted octanol–water partition coefficient (Wildman–Crippen LogP) is 12.2. The summed E-state index contributed by atoms with van der Waals surface area (Å²) in [5, 5.41) is 14.9. The summed E-state index contributed by atoms with van der Waals surface area (Å²) >= 11 is 0. The Kier molecular flexibility index (Phi) is 20.7. The molecule has 1 fully saturated rings. The van der Waals surface area contributed by atoms with E-state index in [1.165, 1.54) is 44.9 Å². The first-order valence-electron chi connectivity index (χ1n) is 26.1. The van der Waals surface area contributed by atoms with Gasteiger partial charge < -0.3 is 38.8 Å². The van der Waals surface area contributed by atoms with E-state index in [0.717, 1.165) is 25.7 Å². The van der Waals surface area contributed by atoms with Crippen molar-refractivity contribution in [3.05, 3.63) is 156 Å². The number of ether oxygens (including phenoxy) is 6. The summed E-state index contributed by atoms with van der Waals surface area (Å²) in [6.07, 6.45) is 8.89. The Morgan fingerprint density at radius 1 is 0.646 bits per heavy atom. The monoisotopic (exact) mass is 896 g/mol. The summed E-state index contributed by atoms with van der Waals surface area (Å²) in [6.45, 7) is 2.39. The highest BCUT2D eigenvalue weighted by atomic mass is 16.6. The zero-order valence-corrected chi connectivity index (χ0v) is 39.0. The van der Waals surface area contributed by atoms with Gasteiger partial charge in [0.05, 0.1) is 56.7 Å². The maximum atomic E-state index is 13.6. The molecule has 9 nitrogen and oxygen atoms in total. The van der Waals surface area contributed by atoms with Gasteiger partial charge in [0.2, 0.25) is 0 Å². The lowest BCUT2D eigenvalue weighted by molar-refractivity contribution is -0.274. The summed E-state index contributed by atoms with van der Waals surface area (Å²) in [5.41, 5.74) is 1.42. The third-order valence-electron chi connectivity index (χ3n) is 11.2. The fraction of sp³-hybridized carbons (Fsp3) is 0.518. The van der Waals surface area contributed by atoms with Crippen LogP contribution in [-0.2, 0) is 54.8 Å². The number of allylic oxidation sites excluding steroid dienone is 1. The van der Waals surface area contributed by atoms with Gasteiger partial charge in [-0.3, -0.25) is 0 Å². The number of nitrogens with one attached hydrogen (secondary N) is 1. The molecular weight excluding hydrogens is 815 g/mol. The molecule has 1 saturated heterocycles. The van der Waals surface area contributed by atoms with Gasteiger partial charge in [-0.05, 0) is 62.3 Å². The van der Waals surface area contributed by atoms with Gasteiger partial charge in [0.1, 0.15) is 30.0 Å². The van der Waals surface area contributed by atoms with Gasteiger partial charge in [0.15, 0.2) is 0 Å². The summed E-state index contributed by atoms with van der Waals surface area (Å²) < 4.78 is 75.9. The molecule has 354 valence electrons. The fourth-order valence-electron chi connectivity index (χ4n) is 7.75. The maximum absolute atomic E-state index is 13.6. The molecule has 4 aromatic carbocycles. The highest BCUT2D eigenvalue weighted by Gasteiger charge is 2.49. The Labute approximate surface area is 395 Å². The number of alkyl carbamates (subject to hydrolysis) is 1. The van der Waals surface area contributed by atoms with Crippen molar-refractivity contribution in [1.29, 1.82) is 0 Å². The van der Waals surface area contributed by atoms with Crippen molar-refractivity contribution in [3.8, 4) is 0 Å². The SMILES string of the molecule is [2H]C(OC[C@H]1OC(C[C@H](NC(=O)OC(C)(C)C)[C@H](O)C=CCCCCCCCCCCCC)[C@H](OC([2H])c2ccccc2)[C@@H](OC([2H])c2ccccc2)[C@H]1OC([2H])c1ccccc1)c1ccccc1. The lowest BCUT2D eigenvalue weighted by atomic mass is 9.89. The van der Waals surface area contributed by atoms with Crippen LogP contribution in [0.15, 0.2) is 133 Å². The average Bonchev–Trinajstić information content (AvgIpc) is 3.35. The van der Waals surface area contributed by atoms with Crippen molar-refractivity contribution in [2.45, 2.75) is 179 Å². The predicted molar refractivity (Wildman–Crippen MR) is 259 cm³/mol. The summed E-state index contributed by atoms with van der Waals surface area (Å²) in [7, 11) is 0. The molecule has 0 bridgehead atoms. The summed E-state index contributed by atoms with van der Waals surface area (Å²) in [4.78, 5) is 13.6. The van der Waals surface area contributed by atoms with Crippen LogP contribution in [0.5, 0.6) is 0 Å². The summed E-state index contributed by atoms with van der Waals surface area (Å²) in [5.74, 6) is 0. The van der Waals surface area contributed by atoms with Gasteiger partial charge in [-0.2, -0.15) is 0 Å². The van der Waals surface area contributed by atoms with Gasteiger partial charge >= 0.3 is 6.09 Å². The molecule has 4 aromatic rings. The van der Waals surface area contributed by atoms with Crippen LogP contribution >= 0.6 is 0 Å². The number of carbonyl (C=O) groups is 1. The van der Waals surface area contributed by atoms with Crippen molar-refractivity contribution in [3.63, 3.8) is 0 Å². The van der Waals surface area contributed by atoms with E-state index in [1.54, 1.807) is 75.4 Å². The van der Waals surface area contributed by atoms with Gasteiger partial charge in [-0.15, -0.1) is 0 Å². The molecular formula is C56H77NO8. The normalized spacial score (nSPS) is 22.6. The molecule has 1 heterocycles. The molecule has 0 spiro atoms. The van der Waals surface area contributed by atoms with Crippen molar-refractivity contribution in [1.82, 2.24) is 5.32 Å². The Bertz CT molecular complexity index is 2010. The molecule has 5 rings (SSSR count). The molecule has 0 radical (unpaired) electrons. The molecule has 1 aliphatic heterocycles. The van der Waals surface area contributed by atoms with E-state index >= 15 is 0 Å². The number of aliphatic hydroxyl groups excluding tert-OH is 1. The first-order chi connectivity index (χ1) is 33.3. The van der Waals surface area contributed by atoms with Crippen LogP contribution in [0, 0.1) is 0 Å². The average molecular weight is 896 g/mol. The molecule has 0 saturated carbocycles. The Balaban J connectivity index is 1.50. The number of rotatable bonds is 29. The highest BCUT2D eigenvalue weighted by Crippen LogP contribution is 2.33. The highest BCUT2D eigenvalue weighted by molar-refractivity contribution is 5.68. The van der Waals surface area contributed by atoms with E-state index in [2.05, 4.69) is 12.2 Å². The zero-order valence-electron chi connectivity index (χ0n) is 43.0. The second-order valence-electron chi connectivity index (χ2n) is 17.8. The van der Waals surface area contributed by atoms with E-state index in [1.807, 2.05) is 78.9 Å². The Morgan fingerprint density at radius 2 is 1.08 bits per heavy atom. The molecule has 1 amide bonds. The molecule has 5 unspecified atom stereocenters. The van der Waals surface area contributed by atoms with Gasteiger partial charge in [-0.1, -0.05) is 198 Å². The third-order valence-corrected chi connectivity index (χ3v) is 11.2. The fourth-order valence-corrected chi connectivity index (χ4v) is 7.75. The smallest absolute Gasteiger partial charge is 0.407 e. The van der Waals surface area contributed by atoms with E-state index in [4.69, 9.17) is 29.8 Å². The van der Waals surface area contributed by atoms with Crippen LogP contribution in [-0.4, -0.2) is 66.1 Å². The van der Waals surface area contributed by atoms with Gasteiger partial charge in [0, 0.05) is 0 Å². The second kappa shape index (κ2) is 29.3. The van der Waals surface area contributed by atoms with E-state index in [9.17, 15) is 14.0 Å². The van der Waals surface area contributed by atoms with Crippen molar-refractivity contribution in [2.75, 3.05) is 6.61 Å². The standard InChI is InChI=1S/C56H77NO8/c1-5-6-7-8-9-10-11-12-13-14-15-28-37-49(58)48(57-55(59)65-56(2,3)4)38-50-52(61-40-45-31-22-17-23-32-45)54(63-42-47-35-26-19-27-36-47)53(62-41-46-33-24-18-25-34-46)51(64-50)43-60-39-44-29-20-16-21-30-44/h16-37,48-54,58H,5-15,38-43H2,1-4H3,(H,57,59)/t48-,49+,50?,51+,52-,53-,54+/m0/s1/i39D,40D,41D,42D/t39?,40?,41?,42?,48-,49+,50?,51+,52-,53-,54+. The van der Waals surface area contributed by atoms with Crippen molar-refractivity contribution >= 4 is 6.09 Å². The van der Waals surface area contributed by atoms with Crippen LogP contribution in [0.4, 0.5) is 4.79 Å². The molecule has 0 aromatic heterocycles. The maximum Gasteiger partial charge on any atom is 0.407 e. The quantitative estimate of drug-likeness (QED) is 0.0410. The van der Waals surface area contributed by atoms with Crippen LogP contribution in [0.1, 0.15) is 132 Å². The molecule has 1 aliphatic rings. The zero-order chi connectivity index (χ0) is 49.4. The molecule has 11 atom stereocenters. The van der Waals surface area contributed by atoms with Gasteiger partial charge in [-0.25, -0.2) is 4.79 Å².